The Morgan fingerprint density at radius 2 is 1.65 bits per heavy atom. The Hall–Kier alpha value is -3.63. The Balaban J connectivity index is 1.62. The molecule has 0 unspecified atom stereocenters. The highest BCUT2D eigenvalue weighted by molar-refractivity contribution is 5.68. The molecule has 180 valence electrons. The summed E-state index contributed by atoms with van der Waals surface area (Å²) >= 11 is 0. The van der Waals surface area contributed by atoms with Gasteiger partial charge in [-0.25, -0.2) is 4.98 Å². The van der Waals surface area contributed by atoms with Crippen molar-refractivity contribution in [2.24, 2.45) is 0 Å². The van der Waals surface area contributed by atoms with Crippen LogP contribution >= 0.6 is 0 Å². The summed E-state index contributed by atoms with van der Waals surface area (Å²) < 4.78 is 71.1. The van der Waals surface area contributed by atoms with Gasteiger partial charge in [-0.1, -0.05) is 25.0 Å². The van der Waals surface area contributed by atoms with Crippen LogP contribution < -0.4 is 20.1 Å². The number of anilines is 3. The lowest BCUT2D eigenvalue weighted by atomic mass is 10.1. The third-order valence-electron chi connectivity index (χ3n) is 5.13. The predicted octanol–water partition coefficient (Wildman–Crippen LogP) is 6.74. The second-order valence-electron chi connectivity index (χ2n) is 7.69. The van der Waals surface area contributed by atoms with Crippen LogP contribution in [0.4, 0.5) is 39.4 Å². The van der Waals surface area contributed by atoms with Gasteiger partial charge in [0.2, 0.25) is 5.95 Å². The number of benzene rings is 2. The Kier molecular flexibility index (Phi) is 6.99. The van der Waals surface area contributed by atoms with Crippen molar-refractivity contribution in [3.05, 3.63) is 54.6 Å². The van der Waals surface area contributed by atoms with E-state index in [1.165, 1.54) is 30.3 Å². The van der Waals surface area contributed by atoms with E-state index in [1.54, 1.807) is 24.3 Å². The van der Waals surface area contributed by atoms with Gasteiger partial charge in [0.05, 0.1) is 5.69 Å². The fraction of sp³-hybridized carbons (Fsp3) is 0.304. The van der Waals surface area contributed by atoms with Crippen LogP contribution in [0, 0.1) is 0 Å². The maximum Gasteiger partial charge on any atom is 0.573 e. The van der Waals surface area contributed by atoms with Crippen LogP contribution in [-0.2, 0) is 0 Å². The highest BCUT2D eigenvalue weighted by Crippen LogP contribution is 2.30. The van der Waals surface area contributed by atoms with E-state index in [0.717, 1.165) is 25.7 Å². The first kappa shape index (κ1) is 23.5. The van der Waals surface area contributed by atoms with Gasteiger partial charge in [0.1, 0.15) is 17.3 Å². The van der Waals surface area contributed by atoms with Crippen molar-refractivity contribution < 1.29 is 31.4 Å². The van der Waals surface area contributed by atoms with Crippen LogP contribution in [0.1, 0.15) is 25.7 Å². The van der Waals surface area contributed by atoms with Crippen molar-refractivity contribution in [3.8, 4) is 22.8 Å². The minimum Gasteiger partial charge on any atom is -0.435 e. The first-order valence-corrected chi connectivity index (χ1v) is 10.6. The van der Waals surface area contributed by atoms with Gasteiger partial charge in [-0.2, -0.15) is 13.8 Å². The average Bonchev–Trinajstić information content (AvgIpc) is 3.27. The predicted molar refractivity (Wildman–Crippen MR) is 116 cm³/mol. The smallest absolute Gasteiger partial charge is 0.435 e. The molecule has 0 amide bonds. The van der Waals surface area contributed by atoms with E-state index in [1.807, 2.05) is 0 Å². The number of aromatic nitrogens is 2. The fourth-order valence-corrected chi connectivity index (χ4v) is 3.70. The summed E-state index contributed by atoms with van der Waals surface area (Å²) in [7, 11) is 0. The van der Waals surface area contributed by atoms with Crippen molar-refractivity contribution in [3.63, 3.8) is 0 Å². The van der Waals surface area contributed by atoms with Gasteiger partial charge in [-0.15, -0.1) is 13.2 Å². The Morgan fingerprint density at radius 3 is 2.32 bits per heavy atom. The molecule has 4 rings (SSSR count). The molecule has 1 aliphatic rings. The number of nitrogens with one attached hydrogen (secondary N) is 2. The normalized spacial score (nSPS) is 14.3. The first-order chi connectivity index (χ1) is 16.2. The molecule has 0 radical (unpaired) electrons. The zero-order valence-corrected chi connectivity index (χ0v) is 17.8. The molecule has 2 aromatic carbocycles. The van der Waals surface area contributed by atoms with Crippen LogP contribution in [-0.4, -0.2) is 29.0 Å². The number of rotatable bonds is 8. The van der Waals surface area contributed by atoms with Crippen LogP contribution in [0.2, 0.25) is 0 Å². The lowest BCUT2D eigenvalue weighted by Crippen LogP contribution is -2.17. The average molecular weight is 480 g/mol. The standard InChI is InChI=1S/C23H21F5N4O2/c24-21(25)33-17-10-8-16(9-11-17)29-20-13-19(31-22(32-20)30-15-5-1-2-6-15)14-4-3-7-18(12-14)34-23(26,27)28/h3-4,7-13,15,21H,1-2,5-6H2,(H2,29,30,31,32). The number of hydrogen-bond donors (Lipinski definition) is 2. The molecule has 1 heterocycles. The summed E-state index contributed by atoms with van der Waals surface area (Å²) in [5, 5.41) is 6.35. The van der Waals surface area contributed by atoms with Gasteiger partial charge in [0, 0.05) is 23.4 Å². The molecular formula is C23H21F5N4O2. The molecule has 1 aliphatic carbocycles. The van der Waals surface area contributed by atoms with E-state index in [-0.39, 0.29) is 17.5 Å². The largest absolute Gasteiger partial charge is 0.573 e. The molecule has 34 heavy (non-hydrogen) atoms. The molecule has 0 aliphatic heterocycles. The Bertz CT molecular complexity index is 1100. The lowest BCUT2D eigenvalue weighted by Gasteiger charge is -2.16. The molecule has 1 aromatic heterocycles. The number of hydrogen-bond acceptors (Lipinski definition) is 6. The van der Waals surface area contributed by atoms with Gasteiger partial charge in [0.25, 0.3) is 0 Å². The highest BCUT2D eigenvalue weighted by Gasteiger charge is 2.31. The van der Waals surface area contributed by atoms with Gasteiger partial charge in [-0.05, 0) is 49.2 Å². The van der Waals surface area contributed by atoms with Crippen molar-refractivity contribution in [1.82, 2.24) is 9.97 Å². The van der Waals surface area contributed by atoms with Crippen molar-refractivity contribution in [1.29, 1.82) is 0 Å². The fourth-order valence-electron chi connectivity index (χ4n) is 3.70. The van der Waals surface area contributed by atoms with E-state index < -0.39 is 13.0 Å². The third kappa shape index (κ3) is 6.69. The second-order valence-corrected chi connectivity index (χ2v) is 7.69. The van der Waals surface area contributed by atoms with Crippen molar-refractivity contribution in [2.75, 3.05) is 10.6 Å². The molecule has 0 bridgehead atoms. The topological polar surface area (TPSA) is 68.3 Å². The van der Waals surface area contributed by atoms with Gasteiger partial charge >= 0.3 is 13.0 Å². The van der Waals surface area contributed by atoms with Gasteiger partial charge < -0.3 is 20.1 Å². The van der Waals surface area contributed by atoms with Gasteiger partial charge in [-0.3, -0.25) is 0 Å². The minimum absolute atomic E-state index is 0.00833. The number of halogens is 5. The molecular weight excluding hydrogens is 459 g/mol. The summed E-state index contributed by atoms with van der Waals surface area (Å²) in [6.07, 6.45) is -0.696. The molecule has 0 spiro atoms. The van der Waals surface area contributed by atoms with E-state index in [2.05, 4.69) is 30.1 Å². The summed E-state index contributed by atoms with van der Waals surface area (Å²) in [5.41, 5.74) is 1.33. The molecule has 0 saturated heterocycles. The van der Waals surface area contributed by atoms with E-state index >= 15 is 0 Å². The summed E-state index contributed by atoms with van der Waals surface area (Å²) in [6, 6.07) is 13.1. The molecule has 6 nitrogen and oxygen atoms in total. The Morgan fingerprint density at radius 1 is 0.912 bits per heavy atom. The molecule has 2 N–H and O–H groups in total. The number of ether oxygens (including phenoxy) is 2. The molecule has 0 atom stereocenters. The van der Waals surface area contributed by atoms with Crippen molar-refractivity contribution in [2.45, 2.75) is 44.7 Å². The molecule has 1 fully saturated rings. The van der Waals surface area contributed by atoms with Crippen molar-refractivity contribution >= 4 is 17.5 Å². The second kappa shape index (κ2) is 10.1. The zero-order chi connectivity index (χ0) is 24.1. The molecule has 11 heteroatoms. The van der Waals surface area contributed by atoms with Crippen LogP contribution in [0.25, 0.3) is 11.3 Å². The number of alkyl halides is 5. The maximum absolute atomic E-state index is 12.7. The molecule has 1 saturated carbocycles. The highest BCUT2D eigenvalue weighted by atomic mass is 19.4. The monoisotopic (exact) mass is 480 g/mol. The lowest BCUT2D eigenvalue weighted by molar-refractivity contribution is -0.274. The Labute approximate surface area is 192 Å². The first-order valence-electron chi connectivity index (χ1n) is 10.6. The quantitative estimate of drug-likeness (QED) is 0.348. The van der Waals surface area contributed by atoms with E-state index in [4.69, 9.17) is 0 Å². The van der Waals surface area contributed by atoms with E-state index in [9.17, 15) is 22.0 Å². The summed E-state index contributed by atoms with van der Waals surface area (Å²) in [5.74, 6) is 0.342. The maximum atomic E-state index is 12.7. The SMILES string of the molecule is FC(F)Oc1ccc(Nc2cc(-c3cccc(OC(F)(F)F)c3)nc(NC3CCCC3)n2)cc1. The van der Waals surface area contributed by atoms with Crippen LogP contribution in [0.15, 0.2) is 54.6 Å². The number of nitrogens with zero attached hydrogens (tertiary/aromatic N) is 2. The zero-order valence-electron chi connectivity index (χ0n) is 17.8. The third-order valence-corrected chi connectivity index (χ3v) is 5.13. The van der Waals surface area contributed by atoms with Gasteiger partial charge in [0.15, 0.2) is 0 Å². The van der Waals surface area contributed by atoms with Crippen LogP contribution in [0.5, 0.6) is 11.5 Å². The molecule has 3 aromatic rings. The van der Waals surface area contributed by atoms with E-state index in [0.29, 0.717) is 28.7 Å². The summed E-state index contributed by atoms with van der Waals surface area (Å²) in [6.45, 7) is -2.93. The van der Waals surface area contributed by atoms with Crippen LogP contribution in [0.3, 0.4) is 0 Å². The minimum atomic E-state index is -4.81. The summed E-state index contributed by atoms with van der Waals surface area (Å²) in [4.78, 5) is 8.97.